The molecule has 0 saturated heterocycles. The van der Waals surface area contributed by atoms with Gasteiger partial charge in [-0.2, -0.15) is 0 Å². The lowest BCUT2D eigenvalue weighted by Crippen LogP contribution is -2.54. The van der Waals surface area contributed by atoms with E-state index in [0.717, 1.165) is 18.4 Å². The van der Waals surface area contributed by atoms with Gasteiger partial charge in [0, 0.05) is 17.9 Å². The molecule has 4 heteroatoms. The maximum Gasteiger partial charge on any atom is 0.303 e. The molecule has 0 amide bonds. The largest absolute Gasteiger partial charge is 0.472 e. The lowest BCUT2D eigenvalue weighted by Gasteiger charge is -2.62. The molecular formula is C27H40O4. The molecule has 0 spiro atoms. The van der Waals surface area contributed by atoms with Crippen LogP contribution in [0.15, 0.2) is 23.0 Å². The second kappa shape index (κ2) is 7.49. The quantitative estimate of drug-likeness (QED) is 0.384. The summed E-state index contributed by atoms with van der Waals surface area (Å²) in [5, 5.41) is 0. The van der Waals surface area contributed by atoms with Crippen molar-refractivity contribution in [2.75, 3.05) is 0 Å². The van der Waals surface area contributed by atoms with Crippen molar-refractivity contribution in [3.63, 3.8) is 0 Å². The zero-order valence-electron chi connectivity index (χ0n) is 20.2. The summed E-state index contributed by atoms with van der Waals surface area (Å²) in [4.78, 5) is 24.5. The summed E-state index contributed by atoms with van der Waals surface area (Å²) >= 11 is 0. The number of rotatable bonds is 5. The van der Waals surface area contributed by atoms with Crippen LogP contribution in [0, 0.1) is 39.4 Å². The second-order valence-electron chi connectivity index (χ2n) is 12.3. The number of ether oxygens (including phenoxy) is 1. The van der Waals surface area contributed by atoms with Gasteiger partial charge in [0.15, 0.2) is 0 Å². The Morgan fingerprint density at radius 3 is 2.52 bits per heavy atom. The molecule has 7 atom stereocenters. The highest BCUT2D eigenvalue weighted by Gasteiger charge is 2.67. The third-order valence-corrected chi connectivity index (χ3v) is 10.0. The van der Waals surface area contributed by atoms with Crippen LogP contribution in [0.2, 0.25) is 0 Å². The van der Waals surface area contributed by atoms with Crippen molar-refractivity contribution in [2.45, 2.75) is 92.6 Å². The van der Waals surface area contributed by atoms with Gasteiger partial charge >= 0.3 is 5.97 Å². The Morgan fingerprint density at radius 2 is 1.90 bits per heavy atom. The number of hydrogen-bond acceptors (Lipinski definition) is 4. The van der Waals surface area contributed by atoms with Crippen molar-refractivity contribution in [1.29, 1.82) is 0 Å². The van der Waals surface area contributed by atoms with E-state index in [1.54, 1.807) is 12.5 Å². The standard InChI is InChI=1S/C27H40O4/c1-18(29)31-20(19-9-13-30-16-19)14-22-25(4,17-28)15-23-26(5)11-7-10-24(2,3)21(26)8-12-27(22,23)6/h9,13,16-17,20-23H,7-8,10-12,14-15H2,1-6H3/t20-,21+,22-,23-,25-,26+,27+/m1/s1. The Bertz CT molecular complexity index is 826. The van der Waals surface area contributed by atoms with E-state index in [1.807, 2.05) is 6.07 Å². The topological polar surface area (TPSA) is 56.5 Å². The molecule has 172 valence electrons. The first kappa shape index (κ1) is 22.6. The van der Waals surface area contributed by atoms with E-state index in [9.17, 15) is 9.59 Å². The maximum atomic E-state index is 12.6. The molecule has 1 aromatic heterocycles. The van der Waals surface area contributed by atoms with E-state index < -0.39 is 5.41 Å². The minimum absolute atomic E-state index is 0.0659. The average Bonchev–Trinajstić information content (AvgIpc) is 3.28. The van der Waals surface area contributed by atoms with E-state index in [2.05, 4.69) is 34.6 Å². The number of furan rings is 1. The maximum absolute atomic E-state index is 12.6. The molecule has 0 bridgehead atoms. The molecule has 4 nitrogen and oxygen atoms in total. The summed E-state index contributed by atoms with van der Waals surface area (Å²) in [6, 6.07) is 1.88. The predicted octanol–water partition coefficient (Wildman–Crippen LogP) is 6.75. The summed E-state index contributed by atoms with van der Waals surface area (Å²) in [7, 11) is 0. The minimum Gasteiger partial charge on any atom is -0.472 e. The second-order valence-corrected chi connectivity index (χ2v) is 12.3. The van der Waals surface area contributed by atoms with Crippen molar-refractivity contribution in [3.05, 3.63) is 24.2 Å². The molecule has 1 heterocycles. The normalized spacial score (nSPS) is 42.3. The lowest BCUT2D eigenvalue weighted by molar-refractivity contribution is -0.151. The molecule has 0 radical (unpaired) electrons. The first-order valence-electron chi connectivity index (χ1n) is 12.1. The monoisotopic (exact) mass is 428 g/mol. The Kier molecular flexibility index (Phi) is 5.46. The Balaban J connectivity index is 1.72. The highest BCUT2D eigenvalue weighted by molar-refractivity contribution is 5.66. The molecule has 31 heavy (non-hydrogen) atoms. The van der Waals surface area contributed by atoms with Gasteiger partial charge in [-0.3, -0.25) is 4.79 Å². The summed E-state index contributed by atoms with van der Waals surface area (Å²) in [6.07, 6.45) is 12.0. The van der Waals surface area contributed by atoms with E-state index in [4.69, 9.17) is 9.15 Å². The van der Waals surface area contributed by atoms with Gasteiger partial charge in [0.2, 0.25) is 0 Å². The molecule has 1 aromatic rings. The first-order chi connectivity index (χ1) is 14.5. The fourth-order valence-electron chi connectivity index (χ4n) is 8.70. The van der Waals surface area contributed by atoms with Crippen LogP contribution in [-0.2, 0) is 14.3 Å². The van der Waals surface area contributed by atoms with Crippen molar-refractivity contribution in [2.24, 2.45) is 39.4 Å². The molecule has 3 fully saturated rings. The summed E-state index contributed by atoms with van der Waals surface area (Å²) in [5.41, 5.74) is 1.17. The van der Waals surface area contributed by atoms with Crippen molar-refractivity contribution >= 4 is 12.3 Å². The number of fused-ring (bicyclic) bond motifs is 3. The SMILES string of the molecule is CC(=O)O[C@H](C[C@H]1[C@]2(C)CC[C@H]3C(C)(C)CCC[C@]3(C)[C@H]2C[C@]1(C)C=O)c1ccoc1. The van der Waals surface area contributed by atoms with Crippen LogP contribution < -0.4 is 0 Å². The summed E-state index contributed by atoms with van der Waals surface area (Å²) < 4.78 is 11.1. The Morgan fingerprint density at radius 1 is 1.16 bits per heavy atom. The molecule has 0 unspecified atom stereocenters. The predicted molar refractivity (Wildman–Crippen MR) is 120 cm³/mol. The molecule has 4 rings (SSSR count). The van der Waals surface area contributed by atoms with Crippen LogP contribution in [0.5, 0.6) is 0 Å². The lowest BCUT2D eigenvalue weighted by atomic mass is 9.43. The van der Waals surface area contributed by atoms with Gasteiger partial charge in [0.05, 0.1) is 12.5 Å². The Labute approximate surface area is 187 Å². The number of aldehydes is 1. The van der Waals surface area contributed by atoms with Gasteiger partial charge in [-0.05, 0) is 78.6 Å². The van der Waals surface area contributed by atoms with Crippen LogP contribution >= 0.6 is 0 Å². The van der Waals surface area contributed by atoms with Crippen molar-refractivity contribution in [1.82, 2.24) is 0 Å². The third kappa shape index (κ3) is 3.49. The van der Waals surface area contributed by atoms with Crippen LogP contribution in [-0.4, -0.2) is 12.3 Å². The van der Waals surface area contributed by atoms with Gasteiger partial charge in [0.1, 0.15) is 12.4 Å². The van der Waals surface area contributed by atoms with E-state index in [0.29, 0.717) is 23.7 Å². The third-order valence-electron chi connectivity index (χ3n) is 10.0. The molecule has 0 aromatic carbocycles. The molecule has 3 aliphatic carbocycles. The number of esters is 1. The minimum atomic E-state index is -0.402. The smallest absolute Gasteiger partial charge is 0.303 e. The molecular weight excluding hydrogens is 388 g/mol. The fraction of sp³-hybridized carbons (Fsp3) is 0.778. The summed E-state index contributed by atoms with van der Waals surface area (Å²) in [6.45, 7) is 13.5. The Hall–Kier alpha value is -1.58. The van der Waals surface area contributed by atoms with Crippen LogP contribution in [0.3, 0.4) is 0 Å². The van der Waals surface area contributed by atoms with Crippen LogP contribution in [0.25, 0.3) is 0 Å². The van der Waals surface area contributed by atoms with E-state index in [1.165, 1.54) is 38.9 Å². The van der Waals surface area contributed by atoms with Gasteiger partial charge in [-0.25, -0.2) is 0 Å². The van der Waals surface area contributed by atoms with Gasteiger partial charge in [0.25, 0.3) is 0 Å². The highest BCUT2D eigenvalue weighted by atomic mass is 16.5. The number of carbonyl (C=O) groups excluding carboxylic acids is 2. The number of carbonyl (C=O) groups is 2. The number of hydrogen-bond donors (Lipinski definition) is 0. The van der Waals surface area contributed by atoms with Gasteiger partial charge < -0.3 is 13.9 Å². The van der Waals surface area contributed by atoms with Crippen molar-refractivity contribution in [3.8, 4) is 0 Å². The highest BCUT2D eigenvalue weighted by Crippen LogP contribution is 2.73. The van der Waals surface area contributed by atoms with Crippen LogP contribution in [0.4, 0.5) is 0 Å². The average molecular weight is 429 g/mol. The molecule has 0 aliphatic heterocycles. The molecule has 0 N–H and O–H groups in total. The van der Waals surface area contributed by atoms with Crippen molar-refractivity contribution < 1.29 is 18.7 Å². The van der Waals surface area contributed by atoms with E-state index in [-0.39, 0.29) is 28.8 Å². The van der Waals surface area contributed by atoms with Gasteiger partial charge in [-0.1, -0.05) is 41.0 Å². The fourth-order valence-corrected chi connectivity index (χ4v) is 8.70. The van der Waals surface area contributed by atoms with Gasteiger partial charge in [-0.15, -0.1) is 0 Å². The summed E-state index contributed by atoms with van der Waals surface area (Å²) in [5.74, 6) is 1.11. The molecule has 3 aliphatic rings. The van der Waals surface area contributed by atoms with E-state index >= 15 is 0 Å². The molecule has 3 saturated carbocycles. The zero-order valence-corrected chi connectivity index (χ0v) is 20.2. The zero-order chi connectivity index (χ0) is 22.7. The van der Waals surface area contributed by atoms with Crippen LogP contribution in [0.1, 0.15) is 98.2 Å². The first-order valence-corrected chi connectivity index (χ1v) is 12.1.